The highest BCUT2D eigenvalue weighted by Crippen LogP contribution is 2.34. The Kier molecular flexibility index (Phi) is 18.5. The molecule has 0 aliphatic heterocycles. The molecule has 0 radical (unpaired) electrons. The quantitative estimate of drug-likeness (QED) is 0.114. The normalized spacial score (nSPS) is 10.9. The minimum Gasteiger partial charge on any atom is -0.468 e. The lowest BCUT2D eigenvalue weighted by Gasteiger charge is -2.24. The van der Waals surface area contributed by atoms with Gasteiger partial charge in [-0.25, -0.2) is 44.4 Å². The molecule has 0 fully saturated rings. The van der Waals surface area contributed by atoms with Crippen molar-refractivity contribution in [3.05, 3.63) is 52.2 Å². The topological polar surface area (TPSA) is 182 Å². The van der Waals surface area contributed by atoms with Crippen molar-refractivity contribution < 1.29 is 42.4 Å². The van der Waals surface area contributed by atoms with E-state index in [1.807, 2.05) is 0 Å². The second-order valence-corrected chi connectivity index (χ2v) is 15.2. The van der Waals surface area contributed by atoms with E-state index in [1.165, 1.54) is 52.4 Å². The summed E-state index contributed by atoms with van der Waals surface area (Å²) in [7, 11) is 3.19. The zero-order valence-corrected chi connectivity index (χ0v) is 33.9. The van der Waals surface area contributed by atoms with Gasteiger partial charge in [0.1, 0.15) is 34.4 Å². The van der Waals surface area contributed by atoms with Crippen LogP contribution in [0.3, 0.4) is 0 Å². The molecular weight excluding hydrogens is 843 g/mol. The molecule has 0 unspecified atom stereocenters. The lowest BCUT2D eigenvalue weighted by molar-refractivity contribution is 0.0594. The molecule has 16 nitrogen and oxygen atoms in total. The third-order valence-corrected chi connectivity index (χ3v) is 7.34. The van der Waals surface area contributed by atoms with Crippen LogP contribution < -0.4 is 19.7 Å². The highest BCUT2D eigenvalue weighted by Gasteiger charge is 2.28. The maximum atomic E-state index is 12.6. The predicted molar refractivity (Wildman–Crippen MR) is 197 cm³/mol. The molecule has 0 saturated carbocycles. The van der Waals surface area contributed by atoms with Gasteiger partial charge in [0.25, 0.3) is 10.4 Å². The van der Waals surface area contributed by atoms with E-state index >= 15 is 0 Å². The van der Waals surface area contributed by atoms with Gasteiger partial charge in [-0.05, 0) is 73.4 Å². The Labute approximate surface area is 319 Å². The second-order valence-electron chi connectivity index (χ2n) is 11.5. The number of hydrogen-bond acceptors (Lipinski definition) is 16. The van der Waals surface area contributed by atoms with Gasteiger partial charge in [0.2, 0.25) is 5.95 Å². The number of nitrogens with zero attached hydrogens (tertiary/aromatic N) is 7. The van der Waals surface area contributed by atoms with E-state index in [-0.39, 0.29) is 5.95 Å². The Hall–Kier alpha value is -3.63. The molecule has 0 saturated heterocycles. The molecule has 0 aliphatic rings. The fraction of sp³-hybridized carbons (Fsp3) is 0.467. The van der Waals surface area contributed by atoms with Crippen LogP contribution in [-0.4, -0.2) is 93.9 Å². The molecule has 4 aromatic heterocycles. The fourth-order valence-electron chi connectivity index (χ4n) is 2.93. The smallest absolute Gasteiger partial charge is 0.422 e. The van der Waals surface area contributed by atoms with Crippen molar-refractivity contribution in [3.63, 3.8) is 0 Å². The van der Waals surface area contributed by atoms with Gasteiger partial charge in [0, 0.05) is 39.0 Å². The van der Waals surface area contributed by atoms with Crippen molar-refractivity contribution in [2.24, 2.45) is 0 Å². The average Bonchev–Trinajstić information content (AvgIpc) is 3.68. The van der Waals surface area contributed by atoms with Crippen LogP contribution in [0.15, 0.2) is 46.1 Å². The number of amides is 2. The number of carbonyl (C=O) groups is 2. The summed E-state index contributed by atoms with van der Waals surface area (Å²) in [6.45, 7) is 12.5. The van der Waals surface area contributed by atoms with Crippen LogP contribution in [-0.2, 0) is 18.9 Å². The van der Waals surface area contributed by atoms with E-state index in [2.05, 4.69) is 67.1 Å². The molecule has 0 spiro atoms. The van der Waals surface area contributed by atoms with Crippen molar-refractivity contribution in [1.82, 2.24) is 29.9 Å². The van der Waals surface area contributed by atoms with Crippen molar-refractivity contribution >= 4 is 82.7 Å². The summed E-state index contributed by atoms with van der Waals surface area (Å²) < 4.78 is 44.4. The van der Waals surface area contributed by atoms with Crippen molar-refractivity contribution in [3.8, 4) is 10.4 Å². The van der Waals surface area contributed by atoms with E-state index < -0.39 is 29.5 Å². The van der Waals surface area contributed by atoms with Crippen LogP contribution in [0.1, 0.15) is 41.5 Å². The summed E-state index contributed by atoms with van der Waals surface area (Å²) in [5.74, 6) is 0.185. The Balaban J connectivity index is 0.000000300. The maximum absolute atomic E-state index is 12.6. The first-order valence-corrected chi connectivity index (χ1v) is 18.0. The zero-order valence-electron chi connectivity index (χ0n) is 29.1. The average molecular weight is 883 g/mol. The highest BCUT2D eigenvalue weighted by atomic mass is 79.9. The van der Waals surface area contributed by atoms with Gasteiger partial charge in [0.15, 0.2) is 0 Å². The molecule has 0 atom stereocenters. The van der Waals surface area contributed by atoms with E-state index in [4.69, 9.17) is 28.4 Å². The van der Waals surface area contributed by atoms with Gasteiger partial charge in [-0.3, -0.25) is 5.32 Å². The number of aromatic nitrogens is 6. The molecule has 4 heterocycles. The van der Waals surface area contributed by atoms with Gasteiger partial charge in [-0.2, -0.15) is 4.39 Å². The van der Waals surface area contributed by atoms with Crippen LogP contribution in [0.2, 0.25) is 0 Å². The lowest BCUT2D eigenvalue weighted by Crippen LogP contribution is -2.34. The third-order valence-electron chi connectivity index (χ3n) is 4.80. The summed E-state index contributed by atoms with van der Waals surface area (Å²) in [6, 6.07) is 0. The fourth-order valence-corrected chi connectivity index (χ4v) is 4.79. The molecule has 51 heavy (non-hydrogen) atoms. The molecule has 4 aromatic rings. The van der Waals surface area contributed by atoms with Gasteiger partial charge >= 0.3 is 18.3 Å². The Morgan fingerprint density at radius 3 is 1.71 bits per heavy atom. The summed E-state index contributed by atoms with van der Waals surface area (Å²) in [5, 5.41) is 4.56. The summed E-state index contributed by atoms with van der Waals surface area (Å²) in [4.78, 5) is 48.4. The number of hydrogen-bond donors (Lipinski definition) is 1. The summed E-state index contributed by atoms with van der Waals surface area (Å²) >= 11 is 8.75. The van der Waals surface area contributed by atoms with E-state index in [9.17, 15) is 14.0 Å². The number of rotatable bonds is 11. The van der Waals surface area contributed by atoms with Crippen LogP contribution in [0.25, 0.3) is 0 Å². The lowest BCUT2D eigenvalue weighted by atomic mass is 10.2. The zero-order chi connectivity index (χ0) is 38.0. The molecule has 0 bridgehead atoms. The molecular formula is C30H39Br2FN8O8S2. The molecule has 4 rings (SSSR count). The Morgan fingerprint density at radius 1 is 0.725 bits per heavy atom. The molecule has 0 aliphatic carbocycles. The number of ether oxygens (including phenoxy) is 6. The van der Waals surface area contributed by atoms with Crippen molar-refractivity contribution in [1.29, 1.82) is 0 Å². The molecule has 2 amide bonds. The number of thiazole rings is 2. The molecule has 280 valence electrons. The molecule has 21 heteroatoms. The van der Waals surface area contributed by atoms with E-state index in [0.29, 0.717) is 55.8 Å². The highest BCUT2D eigenvalue weighted by molar-refractivity contribution is 9.10. The minimum absolute atomic E-state index is 0.185. The standard InChI is InChI=1S/C15H19BrN4O4S.C11H18N2O4S.C4H2BrFN2/c1-15(2,3)24-14(21)20(12-17-7-10(16)8-18-12)11-9-19-13(25-11)23-6-5-22-4;1-11(2,3)17-9(14)13-8-7-12-10(18-8)16-6-5-15-4;5-3-1-7-4(6)8-2-3/h7-9H,5-6H2,1-4H3;7H,5-6H2,1-4H3,(H,13,14);1-2H. The summed E-state index contributed by atoms with van der Waals surface area (Å²) in [5.41, 5.74) is -1.18. The van der Waals surface area contributed by atoms with Gasteiger partial charge in [-0.1, -0.05) is 22.7 Å². The van der Waals surface area contributed by atoms with Crippen LogP contribution >= 0.6 is 54.5 Å². The van der Waals surface area contributed by atoms with E-state index in [1.54, 1.807) is 68.2 Å². The van der Waals surface area contributed by atoms with Crippen molar-refractivity contribution in [2.75, 3.05) is 50.9 Å². The van der Waals surface area contributed by atoms with Crippen LogP contribution in [0, 0.1) is 6.08 Å². The van der Waals surface area contributed by atoms with Crippen LogP contribution in [0.5, 0.6) is 10.4 Å². The predicted octanol–water partition coefficient (Wildman–Crippen LogP) is 7.69. The number of anilines is 3. The second kappa shape index (κ2) is 21.7. The number of carbonyl (C=O) groups excluding carboxylic acids is 2. The Morgan fingerprint density at radius 2 is 1.22 bits per heavy atom. The van der Waals surface area contributed by atoms with E-state index in [0.717, 1.165) is 0 Å². The van der Waals surface area contributed by atoms with Crippen LogP contribution in [0.4, 0.5) is 29.9 Å². The molecule has 1 N–H and O–H groups in total. The maximum Gasteiger partial charge on any atom is 0.422 e. The number of methoxy groups -OCH3 is 2. The largest absolute Gasteiger partial charge is 0.468 e. The van der Waals surface area contributed by atoms with Gasteiger partial charge < -0.3 is 28.4 Å². The Bertz CT molecular complexity index is 1600. The molecule has 0 aromatic carbocycles. The first-order chi connectivity index (χ1) is 24.0. The first kappa shape index (κ1) is 43.5. The monoisotopic (exact) mass is 880 g/mol. The minimum atomic E-state index is -0.701. The van der Waals surface area contributed by atoms with Gasteiger partial charge in [0.05, 0.1) is 34.6 Å². The van der Waals surface area contributed by atoms with Crippen molar-refractivity contribution in [2.45, 2.75) is 52.7 Å². The number of nitrogens with one attached hydrogen (secondary N) is 1. The first-order valence-electron chi connectivity index (χ1n) is 14.8. The SMILES string of the molecule is COCCOc1ncc(N(C(=O)OC(C)(C)C)c2ncc(Br)cn2)s1.COCCOc1ncc(NC(=O)OC(C)(C)C)s1.Fc1ncc(Br)cn1. The number of halogens is 3. The summed E-state index contributed by atoms with van der Waals surface area (Å²) in [6.07, 6.45) is 7.04. The van der Waals surface area contributed by atoms with Gasteiger partial charge in [-0.15, -0.1) is 0 Å². The third kappa shape index (κ3) is 18.4.